The molecular formula is C13H17BrClF3N2O. The van der Waals surface area contributed by atoms with Crippen molar-refractivity contribution < 1.29 is 18.3 Å². The second kappa shape index (κ2) is 7.78. The number of alkyl halides is 2. The average Bonchev–Trinajstić information content (AvgIpc) is 2.43. The summed E-state index contributed by atoms with van der Waals surface area (Å²) in [6.07, 6.45) is 0. The molecule has 21 heavy (non-hydrogen) atoms. The van der Waals surface area contributed by atoms with Crippen molar-refractivity contribution in [1.82, 2.24) is 10.2 Å². The molecule has 1 aromatic carbocycles. The molecule has 1 saturated heterocycles. The molecule has 0 spiro atoms. The fraction of sp³-hybridized carbons (Fsp3) is 0.538. The molecule has 0 aromatic heterocycles. The van der Waals surface area contributed by atoms with Crippen LogP contribution in [0.2, 0.25) is 0 Å². The van der Waals surface area contributed by atoms with Gasteiger partial charge < -0.3 is 10.4 Å². The first-order chi connectivity index (χ1) is 9.45. The molecular weight excluding hydrogens is 373 g/mol. The molecule has 1 aliphatic rings. The summed E-state index contributed by atoms with van der Waals surface area (Å²) in [7, 11) is 0. The Bertz CT molecular complexity index is 473. The standard InChI is InChI=1S/C13H16BrF3N2O.ClH/c14-9-1-2-10(11(15)7-9)12(13(16,17)8-20)19-5-3-18-4-6-19;/h1-2,7,12,18,20H,3-6,8H2;1H/t12-;/m1./s1. The Kier molecular flexibility index (Phi) is 6.93. The zero-order valence-corrected chi connectivity index (χ0v) is 13.6. The Morgan fingerprint density at radius 1 is 1.33 bits per heavy atom. The number of benzene rings is 1. The van der Waals surface area contributed by atoms with Crippen LogP contribution in [0.5, 0.6) is 0 Å². The largest absolute Gasteiger partial charge is 0.390 e. The van der Waals surface area contributed by atoms with Gasteiger partial charge in [0.25, 0.3) is 5.92 Å². The van der Waals surface area contributed by atoms with E-state index in [0.717, 1.165) is 6.07 Å². The monoisotopic (exact) mass is 388 g/mol. The van der Waals surface area contributed by atoms with Gasteiger partial charge in [-0.2, -0.15) is 0 Å². The maximum absolute atomic E-state index is 14.1. The van der Waals surface area contributed by atoms with Crippen molar-refractivity contribution in [2.45, 2.75) is 12.0 Å². The second-order valence-corrected chi connectivity index (χ2v) is 5.69. The molecule has 0 saturated carbocycles. The Morgan fingerprint density at radius 3 is 2.48 bits per heavy atom. The number of nitrogens with zero attached hydrogens (tertiary/aromatic N) is 1. The molecule has 3 nitrogen and oxygen atoms in total. The van der Waals surface area contributed by atoms with Crippen molar-refractivity contribution in [3.63, 3.8) is 0 Å². The van der Waals surface area contributed by atoms with Crippen LogP contribution in [0.1, 0.15) is 11.6 Å². The van der Waals surface area contributed by atoms with Crippen LogP contribution < -0.4 is 5.32 Å². The third-order valence-electron chi connectivity index (χ3n) is 3.38. The van der Waals surface area contributed by atoms with Crippen LogP contribution in [-0.4, -0.2) is 48.7 Å². The van der Waals surface area contributed by atoms with Crippen molar-refractivity contribution in [2.75, 3.05) is 32.8 Å². The minimum atomic E-state index is -3.40. The maximum atomic E-state index is 14.1. The summed E-state index contributed by atoms with van der Waals surface area (Å²) >= 11 is 3.11. The van der Waals surface area contributed by atoms with Crippen LogP contribution in [0.4, 0.5) is 13.2 Å². The molecule has 0 amide bonds. The van der Waals surface area contributed by atoms with Gasteiger partial charge in [-0.05, 0) is 12.1 Å². The van der Waals surface area contributed by atoms with Crippen LogP contribution in [0.3, 0.4) is 0 Å². The molecule has 1 atom stereocenters. The normalized spacial score (nSPS) is 18.1. The van der Waals surface area contributed by atoms with Gasteiger partial charge in [0.15, 0.2) is 0 Å². The average molecular weight is 390 g/mol. The first-order valence-electron chi connectivity index (χ1n) is 6.34. The topological polar surface area (TPSA) is 35.5 Å². The smallest absolute Gasteiger partial charge is 0.290 e. The van der Waals surface area contributed by atoms with Gasteiger partial charge in [0.2, 0.25) is 0 Å². The summed E-state index contributed by atoms with van der Waals surface area (Å²) in [5.74, 6) is -4.09. The van der Waals surface area contributed by atoms with Crippen LogP contribution >= 0.6 is 28.3 Å². The van der Waals surface area contributed by atoms with E-state index in [2.05, 4.69) is 21.2 Å². The quantitative estimate of drug-likeness (QED) is 0.831. The third kappa shape index (κ3) is 4.32. The predicted molar refractivity (Wildman–Crippen MR) is 80.6 cm³/mol. The molecule has 1 aromatic rings. The van der Waals surface area contributed by atoms with Crippen molar-refractivity contribution in [1.29, 1.82) is 0 Å². The first kappa shape index (κ1) is 18.7. The first-order valence-corrected chi connectivity index (χ1v) is 7.13. The summed E-state index contributed by atoms with van der Waals surface area (Å²) in [6, 6.07) is 2.58. The van der Waals surface area contributed by atoms with Gasteiger partial charge in [0.05, 0.1) is 0 Å². The summed E-state index contributed by atoms with van der Waals surface area (Å²) in [6.45, 7) is 0.592. The van der Waals surface area contributed by atoms with E-state index in [1.165, 1.54) is 17.0 Å². The zero-order chi connectivity index (χ0) is 14.8. The molecule has 0 unspecified atom stereocenters. The highest BCUT2D eigenvalue weighted by atomic mass is 79.9. The van der Waals surface area contributed by atoms with Crippen LogP contribution in [0.15, 0.2) is 22.7 Å². The number of piperazine rings is 1. The zero-order valence-electron chi connectivity index (χ0n) is 11.2. The van der Waals surface area contributed by atoms with Gasteiger partial charge in [-0.25, -0.2) is 13.2 Å². The Labute approximate surface area is 136 Å². The lowest BCUT2D eigenvalue weighted by Crippen LogP contribution is -2.51. The lowest BCUT2D eigenvalue weighted by atomic mass is 9.97. The number of hydrogen-bond donors (Lipinski definition) is 2. The van der Waals surface area contributed by atoms with E-state index in [1.807, 2.05) is 0 Å². The molecule has 2 N–H and O–H groups in total. The molecule has 0 bridgehead atoms. The minimum Gasteiger partial charge on any atom is -0.390 e. The number of aliphatic hydroxyl groups excluding tert-OH is 1. The molecule has 1 heterocycles. The van der Waals surface area contributed by atoms with Gasteiger partial charge in [0, 0.05) is 36.2 Å². The van der Waals surface area contributed by atoms with E-state index in [4.69, 9.17) is 5.11 Å². The Morgan fingerprint density at radius 2 is 1.95 bits per heavy atom. The summed E-state index contributed by atoms with van der Waals surface area (Å²) in [5, 5.41) is 12.0. The van der Waals surface area contributed by atoms with E-state index in [9.17, 15) is 13.2 Å². The van der Waals surface area contributed by atoms with Crippen molar-refractivity contribution in [3.05, 3.63) is 34.1 Å². The summed E-state index contributed by atoms with van der Waals surface area (Å²) in [4.78, 5) is 1.51. The predicted octanol–water partition coefficient (Wildman–Crippen LogP) is 2.58. The number of rotatable bonds is 4. The van der Waals surface area contributed by atoms with Crippen molar-refractivity contribution >= 4 is 28.3 Å². The molecule has 2 rings (SSSR count). The summed E-state index contributed by atoms with van der Waals surface area (Å²) in [5.41, 5.74) is -0.0887. The number of nitrogens with one attached hydrogen (secondary N) is 1. The molecule has 120 valence electrons. The van der Waals surface area contributed by atoms with Gasteiger partial charge >= 0.3 is 0 Å². The summed E-state index contributed by atoms with van der Waals surface area (Å²) < 4.78 is 42.7. The lowest BCUT2D eigenvalue weighted by Gasteiger charge is -2.38. The fourth-order valence-electron chi connectivity index (χ4n) is 2.44. The minimum absolute atomic E-state index is 0. The van der Waals surface area contributed by atoms with Gasteiger partial charge in [-0.1, -0.05) is 22.0 Å². The Hall–Kier alpha value is -0.340. The van der Waals surface area contributed by atoms with Crippen molar-refractivity contribution in [3.8, 4) is 0 Å². The molecule has 1 fully saturated rings. The number of aliphatic hydroxyl groups is 1. The number of halogens is 5. The van der Waals surface area contributed by atoms with E-state index in [0.29, 0.717) is 30.7 Å². The van der Waals surface area contributed by atoms with E-state index in [1.54, 1.807) is 0 Å². The third-order valence-corrected chi connectivity index (χ3v) is 3.88. The van der Waals surface area contributed by atoms with Crippen LogP contribution in [-0.2, 0) is 0 Å². The highest BCUT2D eigenvalue weighted by Crippen LogP contribution is 2.38. The molecule has 1 aliphatic heterocycles. The van der Waals surface area contributed by atoms with Gasteiger partial charge in [-0.3, -0.25) is 4.90 Å². The van der Waals surface area contributed by atoms with Crippen LogP contribution in [0.25, 0.3) is 0 Å². The molecule has 0 aliphatic carbocycles. The number of hydrogen-bond acceptors (Lipinski definition) is 3. The highest BCUT2D eigenvalue weighted by Gasteiger charge is 2.45. The molecule has 8 heteroatoms. The van der Waals surface area contributed by atoms with E-state index < -0.39 is 24.4 Å². The fourth-order valence-corrected chi connectivity index (χ4v) is 2.77. The van der Waals surface area contributed by atoms with Crippen LogP contribution in [0, 0.1) is 5.82 Å². The highest BCUT2D eigenvalue weighted by molar-refractivity contribution is 9.10. The SMILES string of the molecule is Cl.OCC(F)(F)[C@@H](c1ccc(Br)cc1F)N1CCNCC1. The second-order valence-electron chi connectivity index (χ2n) is 4.77. The van der Waals surface area contributed by atoms with Gasteiger partial charge in [-0.15, -0.1) is 12.4 Å². The van der Waals surface area contributed by atoms with Gasteiger partial charge in [0.1, 0.15) is 18.5 Å². The molecule has 0 radical (unpaired) electrons. The lowest BCUT2D eigenvalue weighted by molar-refractivity contribution is -0.119. The van der Waals surface area contributed by atoms with E-state index in [-0.39, 0.29) is 18.0 Å². The van der Waals surface area contributed by atoms with E-state index >= 15 is 0 Å². The Balaban J connectivity index is 0.00000220. The maximum Gasteiger partial charge on any atom is 0.290 e. The van der Waals surface area contributed by atoms with Crippen molar-refractivity contribution in [2.24, 2.45) is 0 Å².